The summed E-state index contributed by atoms with van der Waals surface area (Å²) in [6, 6.07) is 3.86. The second kappa shape index (κ2) is 5.16. The van der Waals surface area contributed by atoms with Crippen molar-refractivity contribution in [3.05, 3.63) is 17.9 Å². The molecular weight excluding hydrogens is 206 g/mol. The summed E-state index contributed by atoms with van der Waals surface area (Å²) in [6.45, 7) is 1.14. The largest absolute Gasteiger partial charge is 0.438 e. The van der Waals surface area contributed by atoms with Gasteiger partial charge < -0.3 is 14.4 Å². The minimum atomic E-state index is 0.197. The van der Waals surface area contributed by atoms with Gasteiger partial charge in [-0.15, -0.1) is 0 Å². The molecule has 1 fully saturated rings. The first kappa shape index (κ1) is 11.2. The molecule has 1 aromatic heterocycles. The number of anilines is 1. The summed E-state index contributed by atoms with van der Waals surface area (Å²) in [7, 11) is 0. The van der Waals surface area contributed by atoms with E-state index in [4.69, 9.17) is 9.52 Å². The zero-order valence-electron chi connectivity index (χ0n) is 9.26. The van der Waals surface area contributed by atoms with Gasteiger partial charge >= 0.3 is 0 Å². The zero-order valence-corrected chi connectivity index (χ0v) is 9.26. The van der Waals surface area contributed by atoms with Crippen molar-refractivity contribution in [3.63, 3.8) is 0 Å². The molecule has 0 saturated carbocycles. The lowest BCUT2D eigenvalue weighted by atomic mass is 10.00. The molecule has 0 aromatic carbocycles. The molecule has 16 heavy (non-hydrogen) atoms. The number of rotatable bonds is 4. The van der Waals surface area contributed by atoms with Crippen LogP contribution in [-0.2, 0) is 0 Å². The van der Waals surface area contributed by atoms with Crippen LogP contribution >= 0.6 is 0 Å². The van der Waals surface area contributed by atoms with Gasteiger partial charge in [0, 0.05) is 25.3 Å². The number of hydrogen-bond acceptors (Lipinski definition) is 4. The number of furan rings is 1. The van der Waals surface area contributed by atoms with Crippen LogP contribution in [0.5, 0.6) is 0 Å². The standard InChI is InChI=1S/C12H17NO3/c14-8-6-10-3-1-2-7-13(10)12-5-4-11(9-15)16-12/h4-5,9-10,14H,1-3,6-8H2. The number of carbonyl (C=O) groups is 1. The van der Waals surface area contributed by atoms with E-state index in [1.165, 1.54) is 6.42 Å². The third kappa shape index (κ3) is 2.27. The molecule has 0 spiro atoms. The van der Waals surface area contributed by atoms with E-state index in [0.29, 0.717) is 18.1 Å². The van der Waals surface area contributed by atoms with Crippen LogP contribution in [0.3, 0.4) is 0 Å². The van der Waals surface area contributed by atoms with E-state index in [1.54, 1.807) is 6.07 Å². The fourth-order valence-corrected chi connectivity index (χ4v) is 2.30. The molecule has 1 atom stereocenters. The normalized spacial score (nSPS) is 21.1. The van der Waals surface area contributed by atoms with Gasteiger partial charge in [-0.1, -0.05) is 0 Å². The molecular formula is C12H17NO3. The number of hydrogen-bond donors (Lipinski definition) is 1. The van der Waals surface area contributed by atoms with Gasteiger partial charge in [0.25, 0.3) is 0 Å². The number of aliphatic hydroxyl groups is 1. The van der Waals surface area contributed by atoms with Gasteiger partial charge in [0.05, 0.1) is 0 Å². The summed E-state index contributed by atoms with van der Waals surface area (Å²) < 4.78 is 5.43. The third-order valence-corrected chi connectivity index (χ3v) is 3.10. The quantitative estimate of drug-likeness (QED) is 0.791. The summed E-state index contributed by atoms with van der Waals surface area (Å²) in [5, 5.41) is 9.02. The molecule has 0 aliphatic carbocycles. The summed E-state index contributed by atoms with van der Waals surface area (Å²) in [4.78, 5) is 12.7. The molecule has 0 amide bonds. The van der Waals surface area contributed by atoms with Gasteiger partial charge in [0.1, 0.15) is 0 Å². The lowest BCUT2D eigenvalue weighted by Crippen LogP contribution is -2.39. The van der Waals surface area contributed by atoms with Crippen LogP contribution in [0.1, 0.15) is 36.2 Å². The highest BCUT2D eigenvalue weighted by atomic mass is 16.4. The minimum Gasteiger partial charge on any atom is -0.438 e. The molecule has 2 heterocycles. The predicted octanol–water partition coefficient (Wildman–Crippen LogP) is 1.83. The van der Waals surface area contributed by atoms with Gasteiger partial charge in [0.2, 0.25) is 0 Å². The van der Waals surface area contributed by atoms with Crippen LogP contribution in [0.25, 0.3) is 0 Å². The molecule has 0 radical (unpaired) electrons. The average Bonchev–Trinajstić information content (AvgIpc) is 2.79. The summed E-state index contributed by atoms with van der Waals surface area (Å²) in [5.41, 5.74) is 0. The average molecular weight is 223 g/mol. The molecule has 1 aliphatic heterocycles. The molecule has 1 N–H and O–H groups in total. The maximum atomic E-state index is 10.6. The van der Waals surface area contributed by atoms with E-state index in [1.807, 2.05) is 6.07 Å². The molecule has 1 saturated heterocycles. The van der Waals surface area contributed by atoms with Crippen molar-refractivity contribution in [2.24, 2.45) is 0 Å². The molecule has 4 nitrogen and oxygen atoms in total. The molecule has 88 valence electrons. The summed E-state index contributed by atoms with van der Waals surface area (Å²) in [6.07, 6.45) is 4.89. The molecule has 4 heteroatoms. The van der Waals surface area contributed by atoms with Crippen LogP contribution in [0.4, 0.5) is 5.88 Å². The highest BCUT2D eigenvalue weighted by Crippen LogP contribution is 2.27. The fourth-order valence-electron chi connectivity index (χ4n) is 2.30. The molecule has 2 rings (SSSR count). The highest BCUT2D eigenvalue weighted by molar-refractivity contribution is 5.71. The Balaban J connectivity index is 2.12. The topological polar surface area (TPSA) is 53.7 Å². The van der Waals surface area contributed by atoms with E-state index >= 15 is 0 Å². The van der Waals surface area contributed by atoms with Gasteiger partial charge in [-0.25, -0.2) is 0 Å². The van der Waals surface area contributed by atoms with Crippen molar-refractivity contribution in [1.82, 2.24) is 0 Å². The predicted molar refractivity (Wildman–Crippen MR) is 60.8 cm³/mol. The highest BCUT2D eigenvalue weighted by Gasteiger charge is 2.24. The number of aldehydes is 1. The number of aliphatic hydroxyl groups excluding tert-OH is 1. The lowest BCUT2D eigenvalue weighted by Gasteiger charge is -2.35. The Hall–Kier alpha value is -1.29. The zero-order chi connectivity index (χ0) is 11.4. The molecule has 1 aliphatic rings. The molecule has 0 bridgehead atoms. The SMILES string of the molecule is O=Cc1ccc(N2CCCCC2CCO)o1. The van der Waals surface area contributed by atoms with Crippen LogP contribution in [-0.4, -0.2) is 30.6 Å². The smallest absolute Gasteiger partial charge is 0.196 e. The van der Waals surface area contributed by atoms with Crippen LogP contribution in [0.2, 0.25) is 0 Å². The van der Waals surface area contributed by atoms with Gasteiger partial charge in [-0.3, -0.25) is 4.79 Å². The van der Waals surface area contributed by atoms with E-state index in [2.05, 4.69) is 4.90 Å². The van der Waals surface area contributed by atoms with E-state index in [0.717, 1.165) is 31.7 Å². The Labute approximate surface area is 94.9 Å². The minimum absolute atomic E-state index is 0.197. The monoisotopic (exact) mass is 223 g/mol. The van der Waals surface area contributed by atoms with E-state index in [-0.39, 0.29) is 6.61 Å². The molecule has 1 aromatic rings. The summed E-state index contributed by atoms with van der Waals surface area (Å²) >= 11 is 0. The molecule has 1 unspecified atom stereocenters. The fraction of sp³-hybridized carbons (Fsp3) is 0.583. The van der Waals surface area contributed by atoms with Gasteiger partial charge in [-0.2, -0.15) is 0 Å². The Bertz CT molecular complexity index is 346. The van der Waals surface area contributed by atoms with Crippen molar-refractivity contribution in [2.45, 2.75) is 31.7 Å². The van der Waals surface area contributed by atoms with Gasteiger partial charge in [0.15, 0.2) is 17.9 Å². The first-order chi connectivity index (χ1) is 7.85. The Kier molecular flexibility index (Phi) is 3.62. The Morgan fingerprint density at radius 2 is 2.38 bits per heavy atom. The lowest BCUT2D eigenvalue weighted by molar-refractivity contribution is 0.110. The van der Waals surface area contributed by atoms with Crippen molar-refractivity contribution in [1.29, 1.82) is 0 Å². The van der Waals surface area contributed by atoms with E-state index in [9.17, 15) is 4.79 Å². The Morgan fingerprint density at radius 1 is 1.50 bits per heavy atom. The van der Waals surface area contributed by atoms with Gasteiger partial charge in [-0.05, 0) is 31.7 Å². The van der Waals surface area contributed by atoms with Crippen molar-refractivity contribution < 1.29 is 14.3 Å². The first-order valence-electron chi connectivity index (χ1n) is 5.77. The maximum absolute atomic E-state index is 10.6. The number of carbonyl (C=O) groups excluding carboxylic acids is 1. The van der Waals surface area contributed by atoms with Crippen molar-refractivity contribution in [2.75, 3.05) is 18.1 Å². The maximum Gasteiger partial charge on any atom is 0.196 e. The van der Waals surface area contributed by atoms with E-state index < -0.39 is 0 Å². The van der Waals surface area contributed by atoms with Crippen LogP contribution in [0.15, 0.2) is 16.5 Å². The number of piperidine rings is 1. The van der Waals surface area contributed by atoms with Crippen molar-refractivity contribution in [3.8, 4) is 0 Å². The van der Waals surface area contributed by atoms with Crippen molar-refractivity contribution >= 4 is 12.2 Å². The second-order valence-electron chi connectivity index (χ2n) is 4.15. The van der Waals surface area contributed by atoms with Crippen LogP contribution < -0.4 is 4.90 Å². The number of nitrogens with zero attached hydrogens (tertiary/aromatic N) is 1. The third-order valence-electron chi connectivity index (χ3n) is 3.10. The second-order valence-corrected chi connectivity index (χ2v) is 4.15. The van der Waals surface area contributed by atoms with Crippen LogP contribution in [0, 0.1) is 0 Å². The Morgan fingerprint density at radius 3 is 3.06 bits per heavy atom. The summed E-state index contributed by atoms with van der Waals surface area (Å²) in [5.74, 6) is 1.11. The first-order valence-corrected chi connectivity index (χ1v) is 5.77.